The van der Waals surface area contributed by atoms with Crippen molar-refractivity contribution in [1.82, 2.24) is 10.2 Å². The number of rotatable bonds is 9. The van der Waals surface area contributed by atoms with Crippen LogP contribution in [0.25, 0.3) is 22.2 Å². The number of H-pyrrole nitrogens is 1. The van der Waals surface area contributed by atoms with E-state index in [0.29, 0.717) is 0 Å². The highest BCUT2D eigenvalue weighted by atomic mass is 16.5. The summed E-state index contributed by atoms with van der Waals surface area (Å²) in [6, 6.07) is 20.9. The SMILES string of the molecule is C=CCCN(CCC)c1ccc(-c2n[nH]c3cc([C@@H]4C[C@@]45C(=O)Nc4ccc(OC)cc45)ccc23)cc1. The Morgan fingerprint density at radius 1 is 1.14 bits per heavy atom. The molecule has 37 heavy (non-hydrogen) atoms. The second-order valence-corrected chi connectivity index (χ2v) is 10.1. The minimum Gasteiger partial charge on any atom is -0.497 e. The normalized spacial score (nSPS) is 19.6. The van der Waals surface area contributed by atoms with Crippen molar-refractivity contribution in [2.45, 2.75) is 37.5 Å². The van der Waals surface area contributed by atoms with Crippen molar-refractivity contribution in [3.05, 3.63) is 84.4 Å². The van der Waals surface area contributed by atoms with Crippen molar-refractivity contribution in [3.63, 3.8) is 0 Å². The van der Waals surface area contributed by atoms with E-state index >= 15 is 0 Å². The highest BCUT2D eigenvalue weighted by Gasteiger charge is 2.65. The quantitative estimate of drug-likeness (QED) is 0.265. The van der Waals surface area contributed by atoms with Gasteiger partial charge in [0.05, 0.1) is 23.7 Å². The van der Waals surface area contributed by atoms with Crippen molar-refractivity contribution >= 4 is 28.2 Å². The molecule has 1 aliphatic carbocycles. The first-order valence-electron chi connectivity index (χ1n) is 13.0. The van der Waals surface area contributed by atoms with Crippen LogP contribution in [0, 0.1) is 0 Å². The Kier molecular flexibility index (Phi) is 5.75. The molecule has 6 nitrogen and oxygen atoms in total. The molecule has 188 valence electrons. The smallest absolute Gasteiger partial charge is 0.235 e. The number of benzene rings is 3. The van der Waals surface area contributed by atoms with Crippen LogP contribution in [-0.4, -0.2) is 36.3 Å². The van der Waals surface area contributed by atoms with E-state index in [4.69, 9.17) is 4.74 Å². The van der Waals surface area contributed by atoms with E-state index in [1.807, 2.05) is 24.3 Å². The second kappa shape index (κ2) is 9.11. The third kappa shape index (κ3) is 3.79. The zero-order valence-electron chi connectivity index (χ0n) is 21.4. The topological polar surface area (TPSA) is 70.2 Å². The van der Waals surface area contributed by atoms with Crippen LogP contribution in [0.4, 0.5) is 11.4 Å². The number of nitrogens with zero attached hydrogens (tertiary/aromatic N) is 2. The molecular weight excluding hydrogens is 460 g/mol. The molecule has 0 radical (unpaired) electrons. The molecule has 2 heterocycles. The van der Waals surface area contributed by atoms with Crippen LogP contribution in [0.2, 0.25) is 0 Å². The Hall–Kier alpha value is -4.06. The molecule has 1 amide bonds. The number of amides is 1. The van der Waals surface area contributed by atoms with Crippen LogP contribution < -0.4 is 15.0 Å². The molecule has 4 aromatic rings. The van der Waals surface area contributed by atoms with Gasteiger partial charge in [0.25, 0.3) is 0 Å². The number of fused-ring (bicyclic) bond motifs is 3. The van der Waals surface area contributed by atoms with Crippen LogP contribution in [0.3, 0.4) is 0 Å². The molecule has 0 unspecified atom stereocenters. The summed E-state index contributed by atoms with van der Waals surface area (Å²) in [5, 5.41) is 12.0. The van der Waals surface area contributed by atoms with E-state index < -0.39 is 5.41 Å². The maximum Gasteiger partial charge on any atom is 0.235 e. The molecule has 1 saturated carbocycles. The highest BCUT2D eigenvalue weighted by molar-refractivity contribution is 6.10. The van der Waals surface area contributed by atoms with Gasteiger partial charge < -0.3 is 15.0 Å². The number of carbonyl (C=O) groups is 1. The van der Waals surface area contributed by atoms with E-state index in [1.54, 1.807) is 7.11 Å². The van der Waals surface area contributed by atoms with E-state index in [1.165, 1.54) is 5.69 Å². The summed E-state index contributed by atoms with van der Waals surface area (Å²) in [6.45, 7) is 8.07. The second-order valence-electron chi connectivity index (χ2n) is 10.1. The number of aromatic amines is 1. The Morgan fingerprint density at radius 3 is 2.73 bits per heavy atom. The Balaban J connectivity index is 1.27. The van der Waals surface area contributed by atoms with Crippen LogP contribution in [-0.2, 0) is 10.2 Å². The van der Waals surface area contributed by atoms with Gasteiger partial charge in [-0.2, -0.15) is 5.10 Å². The first kappa shape index (κ1) is 23.3. The summed E-state index contributed by atoms with van der Waals surface area (Å²) in [4.78, 5) is 15.4. The van der Waals surface area contributed by atoms with Gasteiger partial charge in [-0.25, -0.2) is 0 Å². The Labute approximate surface area is 217 Å². The molecular formula is C31H32N4O2. The minimum atomic E-state index is -0.508. The van der Waals surface area contributed by atoms with Gasteiger partial charge in [-0.1, -0.05) is 37.3 Å². The van der Waals surface area contributed by atoms with Gasteiger partial charge in [0.1, 0.15) is 5.75 Å². The summed E-state index contributed by atoms with van der Waals surface area (Å²) < 4.78 is 5.43. The average molecular weight is 493 g/mol. The highest BCUT2D eigenvalue weighted by Crippen LogP contribution is 2.65. The lowest BCUT2D eigenvalue weighted by molar-refractivity contribution is -0.118. The summed E-state index contributed by atoms with van der Waals surface area (Å²) in [5.74, 6) is 0.992. The van der Waals surface area contributed by atoms with Crippen molar-refractivity contribution in [2.24, 2.45) is 0 Å². The molecule has 6 heteroatoms. The third-order valence-electron chi connectivity index (χ3n) is 7.91. The number of anilines is 2. The van der Waals surface area contributed by atoms with Crippen LogP contribution in [0.15, 0.2) is 73.3 Å². The molecule has 1 fully saturated rings. The lowest BCUT2D eigenvalue weighted by atomic mass is 9.91. The molecule has 2 atom stereocenters. The molecule has 3 aromatic carbocycles. The van der Waals surface area contributed by atoms with E-state index in [-0.39, 0.29) is 11.8 Å². The first-order valence-corrected chi connectivity index (χ1v) is 13.0. The lowest BCUT2D eigenvalue weighted by Crippen LogP contribution is -2.24. The summed E-state index contributed by atoms with van der Waals surface area (Å²) in [7, 11) is 1.66. The third-order valence-corrected chi connectivity index (χ3v) is 7.91. The zero-order valence-corrected chi connectivity index (χ0v) is 21.4. The molecule has 2 N–H and O–H groups in total. The largest absolute Gasteiger partial charge is 0.497 e. The maximum absolute atomic E-state index is 13.0. The number of carbonyl (C=O) groups excluding carboxylic acids is 1. The van der Waals surface area contributed by atoms with Crippen molar-refractivity contribution in [2.75, 3.05) is 30.4 Å². The number of ether oxygens (including phenoxy) is 1. The van der Waals surface area contributed by atoms with Crippen LogP contribution >= 0.6 is 0 Å². The molecule has 1 aromatic heterocycles. The van der Waals surface area contributed by atoms with E-state index in [0.717, 1.165) is 77.1 Å². The summed E-state index contributed by atoms with van der Waals surface area (Å²) >= 11 is 0. The van der Waals surface area contributed by atoms with Gasteiger partial charge in [0, 0.05) is 41.3 Å². The number of aromatic nitrogens is 2. The summed E-state index contributed by atoms with van der Waals surface area (Å²) in [6.07, 6.45) is 4.85. The van der Waals surface area contributed by atoms with E-state index in [9.17, 15) is 4.79 Å². The van der Waals surface area contributed by atoms with Gasteiger partial charge in [-0.3, -0.25) is 9.89 Å². The lowest BCUT2D eigenvalue weighted by Gasteiger charge is -2.24. The first-order chi connectivity index (χ1) is 18.1. The van der Waals surface area contributed by atoms with Crippen LogP contribution in [0.5, 0.6) is 5.75 Å². The Morgan fingerprint density at radius 2 is 1.97 bits per heavy atom. The predicted octanol–water partition coefficient (Wildman–Crippen LogP) is 6.41. The van der Waals surface area contributed by atoms with E-state index in [2.05, 4.69) is 76.4 Å². The number of nitrogens with one attached hydrogen (secondary N) is 2. The molecule has 1 aliphatic heterocycles. The predicted molar refractivity (Wildman–Crippen MR) is 150 cm³/mol. The molecule has 2 aliphatic rings. The fourth-order valence-electron chi connectivity index (χ4n) is 5.89. The van der Waals surface area contributed by atoms with Gasteiger partial charge >= 0.3 is 0 Å². The summed E-state index contributed by atoms with van der Waals surface area (Å²) in [5.41, 5.74) is 6.82. The standard InChI is InChI=1S/C31H32N4O2/c1-4-6-16-35(15-5-2)22-10-7-20(8-11-22)29-24-13-9-21(17-28(24)33-34-29)26-19-31(26)25-18-23(37-3)12-14-27(25)32-30(31)36/h4,7-14,17-18,26H,1,5-6,15-16,19H2,2-3H3,(H,32,36)(H,33,34)/t26-,31-/m0/s1. The molecule has 6 rings (SSSR count). The van der Waals surface area contributed by atoms with Gasteiger partial charge in [0.2, 0.25) is 5.91 Å². The van der Waals surface area contributed by atoms with Crippen molar-refractivity contribution in [3.8, 4) is 17.0 Å². The fourth-order valence-corrected chi connectivity index (χ4v) is 5.89. The van der Waals surface area contributed by atoms with Crippen molar-refractivity contribution < 1.29 is 9.53 Å². The average Bonchev–Trinajstić information content (AvgIpc) is 3.45. The number of hydrogen-bond donors (Lipinski definition) is 2. The zero-order chi connectivity index (χ0) is 25.6. The van der Waals surface area contributed by atoms with Gasteiger partial charge in [-0.05, 0) is 66.8 Å². The van der Waals surface area contributed by atoms with Gasteiger partial charge in [0.15, 0.2) is 0 Å². The van der Waals surface area contributed by atoms with Crippen LogP contribution in [0.1, 0.15) is 43.2 Å². The fraction of sp³-hybridized carbons (Fsp3) is 0.290. The Bertz CT molecular complexity index is 1490. The number of methoxy groups -OCH3 is 1. The molecule has 0 saturated heterocycles. The minimum absolute atomic E-state index is 0.0800. The van der Waals surface area contributed by atoms with Gasteiger partial charge in [-0.15, -0.1) is 6.58 Å². The number of hydrogen-bond acceptors (Lipinski definition) is 4. The van der Waals surface area contributed by atoms with Crippen molar-refractivity contribution in [1.29, 1.82) is 0 Å². The molecule has 1 spiro atoms. The molecule has 0 bridgehead atoms. The monoisotopic (exact) mass is 492 g/mol. The maximum atomic E-state index is 13.0.